The lowest BCUT2D eigenvalue weighted by Gasteiger charge is -2.36. The summed E-state index contributed by atoms with van der Waals surface area (Å²) in [5, 5.41) is 2.81. The van der Waals surface area contributed by atoms with Crippen molar-refractivity contribution >= 4 is 17.5 Å². The average molecular weight is 392 g/mol. The van der Waals surface area contributed by atoms with E-state index in [-0.39, 0.29) is 11.7 Å². The molecule has 7 nitrogen and oxygen atoms in total. The van der Waals surface area contributed by atoms with Gasteiger partial charge in [-0.2, -0.15) is 0 Å². The molecule has 3 aromatic rings. The molecular formula is C21H21FN6O. The normalized spacial score (nSPS) is 14.0. The zero-order valence-electron chi connectivity index (χ0n) is 15.8. The summed E-state index contributed by atoms with van der Waals surface area (Å²) in [6.45, 7) is 3.52. The Bertz CT molecular complexity index is 958. The lowest BCUT2D eigenvalue weighted by atomic mass is 10.2. The van der Waals surface area contributed by atoms with E-state index in [1.54, 1.807) is 24.4 Å². The molecule has 29 heavy (non-hydrogen) atoms. The van der Waals surface area contributed by atoms with Crippen molar-refractivity contribution < 1.29 is 9.18 Å². The molecule has 1 fully saturated rings. The molecule has 1 aliphatic heterocycles. The number of pyridine rings is 1. The fourth-order valence-corrected chi connectivity index (χ4v) is 3.22. The van der Waals surface area contributed by atoms with Crippen molar-refractivity contribution in [3.8, 4) is 0 Å². The Hall–Kier alpha value is -3.55. The van der Waals surface area contributed by atoms with Gasteiger partial charge in [-0.25, -0.2) is 19.3 Å². The van der Waals surface area contributed by atoms with Crippen LogP contribution in [0.25, 0.3) is 0 Å². The van der Waals surface area contributed by atoms with Gasteiger partial charge in [0.15, 0.2) is 0 Å². The number of benzene rings is 1. The first-order valence-electron chi connectivity index (χ1n) is 9.45. The number of carbonyl (C=O) groups is 1. The number of hydrogen-bond donors (Lipinski definition) is 1. The molecule has 2 aromatic heterocycles. The SMILES string of the molecule is O=C(NCc1ccc(F)cc1)c1cc(N2CCN(c3ccccn3)CC2)ncn1. The Kier molecular flexibility index (Phi) is 5.60. The van der Waals surface area contributed by atoms with Gasteiger partial charge >= 0.3 is 0 Å². The first-order valence-corrected chi connectivity index (χ1v) is 9.45. The lowest BCUT2D eigenvalue weighted by Crippen LogP contribution is -2.47. The molecule has 0 saturated carbocycles. The van der Waals surface area contributed by atoms with Crippen LogP contribution in [0.15, 0.2) is 61.1 Å². The second-order valence-corrected chi connectivity index (χ2v) is 6.73. The summed E-state index contributed by atoms with van der Waals surface area (Å²) < 4.78 is 13.0. The number of nitrogens with zero attached hydrogens (tertiary/aromatic N) is 5. The fraction of sp³-hybridized carbons (Fsp3) is 0.238. The fourth-order valence-electron chi connectivity index (χ4n) is 3.22. The van der Waals surface area contributed by atoms with Crippen LogP contribution < -0.4 is 15.1 Å². The van der Waals surface area contributed by atoms with E-state index in [0.29, 0.717) is 12.2 Å². The number of hydrogen-bond acceptors (Lipinski definition) is 6. The molecular weight excluding hydrogens is 371 g/mol. The van der Waals surface area contributed by atoms with Gasteiger partial charge in [0.25, 0.3) is 5.91 Å². The number of amides is 1. The molecule has 1 amide bonds. The summed E-state index contributed by atoms with van der Waals surface area (Å²) in [6, 6.07) is 13.6. The van der Waals surface area contributed by atoms with E-state index in [0.717, 1.165) is 43.4 Å². The summed E-state index contributed by atoms with van der Waals surface area (Å²) in [6.07, 6.45) is 3.20. The van der Waals surface area contributed by atoms with E-state index >= 15 is 0 Å². The maximum atomic E-state index is 13.0. The Balaban J connectivity index is 1.36. The van der Waals surface area contributed by atoms with Gasteiger partial charge in [-0.3, -0.25) is 4.79 Å². The number of aromatic nitrogens is 3. The van der Waals surface area contributed by atoms with E-state index in [9.17, 15) is 9.18 Å². The number of nitrogens with one attached hydrogen (secondary N) is 1. The highest BCUT2D eigenvalue weighted by Gasteiger charge is 2.20. The van der Waals surface area contributed by atoms with Crippen molar-refractivity contribution in [1.29, 1.82) is 0 Å². The average Bonchev–Trinajstić information content (AvgIpc) is 2.79. The van der Waals surface area contributed by atoms with Gasteiger partial charge in [0.05, 0.1) is 0 Å². The maximum absolute atomic E-state index is 13.0. The minimum Gasteiger partial charge on any atom is -0.353 e. The molecule has 0 spiro atoms. The van der Waals surface area contributed by atoms with E-state index in [4.69, 9.17) is 0 Å². The molecule has 0 unspecified atom stereocenters. The highest BCUT2D eigenvalue weighted by molar-refractivity contribution is 5.92. The van der Waals surface area contributed by atoms with E-state index in [1.165, 1.54) is 18.5 Å². The first kappa shape index (κ1) is 18.8. The monoisotopic (exact) mass is 392 g/mol. The minimum absolute atomic E-state index is 0.287. The number of rotatable bonds is 5. The number of halogens is 1. The highest BCUT2D eigenvalue weighted by atomic mass is 19.1. The predicted molar refractivity (Wildman–Crippen MR) is 108 cm³/mol. The van der Waals surface area contributed by atoms with Crippen molar-refractivity contribution in [3.05, 3.63) is 78.1 Å². The second-order valence-electron chi connectivity index (χ2n) is 6.73. The van der Waals surface area contributed by atoms with Crippen LogP contribution >= 0.6 is 0 Å². The van der Waals surface area contributed by atoms with Crippen LogP contribution in [0.3, 0.4) is 0 Å². The van der Waals surface area contributed by atoms with Crippen LogP contribution in [-0.4, -0.2) is 47.0 Å². The molecule has 1 N–H and O–H groups in total. The summed E-state index contributed by atoms with van der Waals surface area (Å²) in [4.78, 5) is 29.6. The molecule has 1 aliphatic rings. The van der Waals surface area contributed by atoms with Gasteiger partial charge in [-0.1, -0.05) is 18.2 Å². The first-order chi connectivity index (χ1) is 14.2. The minimum atomic E-state index is -0.302. The second kappa shape index (κ2) is 8.64. The molecule has 8 heteroatoms. The molecule has 1 aromatic carbocycles. The van der Waals surface area contributed by atoms with Crippen molar-refractivity contribution in [3.63, 3.8) is 0 Å². The van der Waals surface area contributed by atoms with Gasteiger partial charge in [0, 0.05) is 45.0 Å². The zero-order valence-corrected chi connectivity index (χ0v) is 15.8. The van der Waals surface area contributed by atoms with Crippen LogP contribution in [0.2, 0.25) is 0 Å². The van der Waals surface area contributed by atoms with E-state index in [1.807, 2.05) is 18.2 Å². The van der Waals surface area contributed by atoms with Gasteiger partial charge in [0.1, 0.15) is 29.5 Å². The van der Waals surface area contributed by atoms with E-state index < -0.39 is 0 Å². The van der Waals surface area contributed by atoms with Gasteiger partial charge < -0.3 is 15.1 Å². The molecule has 0 radical (unpaired) electrons. The summed E-state index contributed by atoms with van der Waals surface area (Å²) in [7, 11) is 0. The Labute approximate surface area is 168 Å². The molecule has 148 valence electrons. The largest absolute Gasteiger partial charge is 0.353 e. The Morgan fingerprint density at radius 3 is 2.34 bits per heavy atom. The summed E-state index contributed by atoms with van der Waals surface area (Å²) in [5.41, 5.74) is 1.13. The van der Waals surface area contributed by atoms with Crippen molar-refractivity contribution in [2.45, 2.75) is 6.54 Å². The smallest absolute Gasteiger partial charge is 0.270 e. The lowest BCUT2D eigenvalue weighted by molar-refractivity contribution is 0.0945. The van der Waals surface area contributed by atoms with Gasteiger partial charge in [-0.05, 0) is 29.8 Å². The third kappa shape index (κ3) is 4.66. The Morgan fingerprint density at radius 1 is 0.931 bits per heavy atom. The van der Waals surface area contributed by atoms with Crippen molar-refractivity contribution in [2.24, 2.45) is 0 Å². The van der Waals surface area contributed by atoms with Crippen LogP contribution in [0.1, 0.15) is 16.1 Å². The molecule has 4 rings (SSSR count). The van der Waals surface area contributed by atoms with Crippen LogP contribution in [0.5, 0.6) is 0 Å². The molecule has 0 aliphatic carbocycles. The van der Waals surface area contributed by atoms with Gasteiger partial charge in [-0.15, -0.1) is 0 Å². The molecule has 3 heterocycles. The summed E-state index contributed by atoms with van der Waals surface area (Å²) >= 11 is 0. The Morgan fingerprint density at radius 2 is 1.66 bits per heavy atom. The number of carbonyl (C=O) groups excluding carboxylic acids is 1. The number of anilines is 2. The summed E-state index contributed by atoms with van der Waals surface area (Å²) in [5.74, 6) is 1.11. The standard InChI is InChI=1S/C21H21FN6O/c22-17-6-4-16(5-7-17)14-24-21(29)18-13-20(26-15-25-18)28-11-9-27(10-12-28)19-3-1-2-8-23-19/h1-8,13,15H,9-12,14H2,(H,24,29). The maximum Gasteiger partial charge on any atom is 0.270 e. The van der Waals surface area contributed by atoms with Crippen molar-refractivity contribution in [2.75, 3.05) is 36.0 Å². The predicted octanol–water partition coefficient (Wildman–Crippen LogP) is 2.27. The zero-order chi connectivity index (χ0) is 20.1. The van der Waals surface area contributed by atoms with Crippen LogP contribution in [-0.2, 0) is 6.54 Å². The van der Waals surface area contributed by atoms with Gasteiger partial charge in [0.2, 0.25) is 0 Å². The highest BCUT2D eigenvalue weighted by Crippen LogP contribution is 2.17. The van der Waals surface area contributed by atoms with Crippen LogP contribution in [0.4, 0.5) is 16.0 Å². The third-order valence-corrected chi connectivity index (χ3v) is 4.83. The quantitative estimate of drug-likeness (QED) is 0.718. The topological polar surface area (TPSA) is 74.2 Å². The molecule has 1 saturated heterocycles. The van der Waals surface area contributed by atoms with Crippen LogP contribution in [0, 0.1) is 5.82 Å². The molecule has 0 bridgehead atoms. The third-order valence-electron chi connectivity index (χ3n) is 4.83. The molecule has 0 atom stereocenters. The number of piperazine rings is 1. The van der Waals surface area contributed by atoms with Crippen molar-refractivity contribution in [1.82, 2.24) is 20.3 Å². The van der Waals surface area contributed by atoms with E-state index in [2.05, 4.69) is 30.1 Å².